The van der Waals surface area contributed by atoms with Crippen LogP contribution in [-0.2, 0) is 111 Å². The monoisotopic (exact) mass is 1340 g/mol. The molecule has 514 valence electrons. The molecule has 4 aliphatic rings. The predicted octanol–water partition coefficient (Wildman–Crippen LogP) is 9.68. The summed E-state index contributed by atoms with van der Waals surface area (Å²) < 4.78 is 87.3. The summed E-state index contributed by atoms with van der Waals surface area (Å²) in [5.41, 5.74) is 13.0. The van der Waals surface area contributed by atoms with Gasteiger partial charge in [0.15, 0.2) is 31.1 Å². The number of carbonyl (C=O) groups excluding carboxylic acids is 4. The summed E-state index contributed by atoms with van der Waals surface area (Å²) in [6.07, 6.45) is -20.4. The highest BCUT2D eigenvalue weighted by Crippen LogP contribution is 2.45. The Hall–Kier alpha value is -8.59. The van der Waals surface area contributed by atoms with Crippen LogP contribution in [0.2, 0.25) is 0 Å². The largest absolute Gasteiger partial charge is 0.457 e. The molecule has 23 nitrogen and oxygen atoms in total. The molecule has 98 heavy (non-hydrogen) atoms. The number of carbonyl (C=O) groups is 4. The Morgan fingerprint density at radius 2 is 0.939 bits per heavy atom. The number of nitrogens with zero attached hydrogens (tertiary/aromatic N) is 4. The Bertz CT molecular complexity index is 3700. The number of aliphatic hydroxyl groups excluding tert-OH is 2. The van der Waals surface area contributed by atoms with Crippen molar-refractivity contribution in [2.45, 2.75) is 164 Å². The molecule has 11 rings (SSSR count). The van der Waals surface area contributed by atoms with E-state index in [-0.39, 0.29) is 70.4 Å². The summed E-state index contributed by atoms with van der Waals surface area (Å²) in [5, 5.41) is 29.9. The average molecular weight is 1340 g/mol. The van der Waals surface area contributed by atoms with Gasteiger partial charge in [-0.15, -0.1) is 0 Å². The highest BCUT2D eigenvalue weighted by molar-refractivity contribution is 6.21. The standard InChI is InChI=1S/C75H80N4O19/c1-4-61(77-78-76)75(92-44-55-35-21-10-22-36-55)68(90-43-54-33-19-9-20-34-54)60(46-87-40-51-27-13-6-14-28-51)97-74(69(75)94-49(3)81)91-47-58-63(82)65(88-41-52-29-15-7-16-30-52)62(79-70(83)56-37-23-24-38-57(56)71(79)84)73(96-58)98-66-64(93-48(2)80)59(45-86-39-50-25-11-5-12-26-50)95-72(85)67(66)89-42-53-31-17-8-18-32-53/h5-38,58-69,72-74,82,85H,4,39-47H2,1-3H3/t58-,59-,60-,61?,62-,63-,64+,65-,66+,67-,68-,69+,72-,73+,74-,75+/m1/s1. The number of rotatable bonds is 31. The first-order valence-corrected chi connectivity index (χ1v) is 32.7. The maximum Gasteiger partial charge on any atom is 0.303 e. The Morgan fingerprint density at radius 3 is 1.42 bits per heavy atom. The van der Waals surface area contributed by atoms with Gasteiger partial charge in [0.25, 0.3) is 11.8 Å². The number of esters is 2. The van der Waals surface area contributed by atoms with Gasteiger partial charge in [0.1, 0.15) is 60.5 Å². The van der Waals surface area contributed by atoms with E-state index in [0.29, 0.717) is 16.7 Å². The number of imide groups is 1. The van der Waals surface area contributed by atoms with Crippen molar-refractivity contribution in [1.82, 2.24) is 4.90 Å². The highest BCUT2D eigenvalue weighted by Gasteiger charge is 2.65. The van der Waals surface area contributed by atoms with Crippen molar-refractivity contribution >= 4 is 23.8 Å². The fourth-order valence-electron chi connectivity index (χ4n) is 12.9. The molecule has 23 heteroatoms. The third-order valence-electron chi connectivity index (χ3n) is 17.5. The van der Waals surface area contributed by atoms with E-state index in [0.717, 1.165) is 21.6 Å². The third kappa shape index (κ3) is 17.1. The van der Waals surface area contributed by atoms with Crippen molar-refractivity contribution < 1.29 is 91.0 Å². The van der Waals surface area contributed by atoms with Crippen LogP contribution in [0.4, 0.5) is 0 Å². The van der Waals surface area contributed by atoms with Crippen molar-refractivity contribution in [3.8, 4) is 0 Å². The van der Waals surface area contributed by atoms with Gasteiger partial charge in [-0.05, 0) is 57.5 Å². The second-order valence-electron chi connectivity index (χ2n) is 24.2. The summed E-state index contributed by atoms with van der Waals surface area (Å²) >= 11 is 0. The summed E-state index contributed by atoms with van der Waals surface area (Å²) in [6, 6.07) is 58.6. The van der Waals surface area contributed by atoms with Gasteiger partial charge in [0.05, 0.1) is 76.6 Å². The molecular weight excluding hydrogens is 1260 g/mol. The molecule has 3 saturated heterocycles. The Kier molecular flexibility index (Phi) is 24.7. The molecule has 2 amide bonds. The normalized spacial score (nSPS) is 27.1. The van der Waals surface area contributed by atoms with Crippen LogP contribution < -0.4 is 0 Å². The number of amides is 2. The number of hydrogen-bond donors (Lipinski definition) is 2. The van der Waals surface area contributed by atoms with Gasteiger partial charge in [0.2, 0.25) is 0 Å². The van der Waals surface area contributed by atoms with Gasteiger partial charge < -0.3 is 71.8 Å². The lowest BCUT2D eigenvalue weighted by atomic mass is 9.76. The molecule has 7 aromatic carbocycles. The van der Waals surface area contributed by atoms with Gasteiger partial charge in [-0.1, -0.05) is 206 Å². The molecule has 3 fully saturated rings. The van der Waals surface area contributed by atoms with Crippen molar-refractivity contribution in [2.24, 2.45) is 5.11 Å². The summed E-state index contributed by atoms with van der Waals surface area (Å²) in [7, 11) is 0. The molecule has 4 aliphatic heterocycles. The van der Waals surface area contributed by atoms with E-state index in [1.165, 1.54) is 26.0 Å². The Morgan fingerprint density at radius 1 is 0.500 bits per heavy atom. The highest BCUT2D eigenvalue weighted by atomic mass is 16.8. The number of azide groups is 1. The molecule has 0 radical (unpaired) electrons. The molecule has 0 aromatic heterocycles. The zero-order chi connectivity index (χ0) is 68.4. The lowest BCUT2D eigenvalue weighted by molar-refractivity contribution is -0.373. The third-order valence-corrected chi connectivity index (χ3v) is 17.5. The van der Waals surface area contributed by atoms with Crippen LogP contribution in [0.5, 0.6) is 0 Å². The van der Waals surface area contributed by atoms with Crippen LogP contribution in [-0.4, -0.2) is 156 Å². The van der Waals surface area contributed by atoms with Crippen molar-refractivity contribution in [1.29, 1.82) is 0 Å². The number of aliphatic hydroxyl groups is 2. The number of ether oxygens (including phenoxy) is 13. The van der Waals surface area contributed by atoms with Gasteiger partial charge in [-0.25, -0.2) is 0 Å². The van der Waals surface area contributed by atoms with Crippen LogP contribution in [0.1, 0.15) is 81.3 Å². The summed E-state index contributed by atoms with van der Waals surface area (Å²) in [6.45, 7) is 2.71. The topological polar surface area (TPSA) is 281 Å². The van der Waals surface area contributed by atoms with Crippen molar-refractivity contribution in [2.75, 3.05) is 19.8 Å². The SMILES string of the molecule is CCC(N=[N+]=[N-])[C@]1(OCc2ccccc2)[C@H](OCc2ccccc2)[C@@H](COCc2ccccc2)O[C@@H](OC[C@H]2O[C@@H](O[C@@H]3[C@@H](OCc4ccccc4)[C@H](O)O[C@H](COCc4ccccc4)[C@@H]3OC(C)=O)[C@H](N3C(=O)c4ccccc4C3=O)[C@@H](OCc3ccccc3)[C@@H]2O)[C@@H]1OC(C)=O. The first-order chi connectivity index (χ1) is 47.8. The lowest BCUT2D eigenvalue weighted by Crippen LogP contribution is -2.74. The Labute approximate surface area is 567 Å². The first kappa shape index (κ1) is 70.7. The van der Waals surface area contributed by atoms with E-state index in [1.807, 2.05) is 133 Å². The van der Waals surface area contributed by atoms with E-state index in [9.17, 15) is 25.3 Å². The van der Waals surface area contributed by atoms with E-state index < -0.39 is 128 Å². The number of fused-ring (bicyclic) bond motifs is 1. The molecule has 2 N–H and O–H groups in total. The van der Waals surface area contributed by atoms with Gasteiger partial charge in [-0.2, -0.15) is 0 Å². The minimum absolute atomic E-state index is 0.0320. The maximum atomic E-state index is 15.1. The minimum atomic E-state index is -1.98. The fraction of sp³-hybridized carbons (Fsp3) is 0.387. The van der Waals surface area contributed by atoms with E-state index >= 15 is 9.59 Å². The zero-order valence-corrected chi connectivity index (χ0v) is 54.5. The van der Waals surface area contributed by atoms with Crippen LogP contribution in [0.15, 0.2) is 211 Å². The minimum Gasteiger partial charge on any atom is -0.457 e. The smallest absolute Gasteiger partial charge is 0.303 e. The van der Waals surface area contributed by atoms with Crippen LogP contribution in [0, 0.1) is 0 Å². The molecular formula is C75H80N4O19. The second-order valence-corrected chi connectivity index (χ2v) is 24.2. The van der Waals surface area contributed by atoms with E-state index in [2.05, 4.69) is 10.0 Å². The van der Waals surface area contributed by atoms with E-state index in [1.54, 1.807) is 67.6 Å². The molecule has 0 saturated carbocycles. The lowest BCUT2D eigenvalue weighted by Gasteiger charge is -2.55. The van der Waals surface area contributed by atoms with Crippen LogP contribution in [0.3, 0.4) is 0 Å². The fourth-order valence-corrected chi connectivity index (χ4v) is 12.9. The molecule has 16 atom stereocenters. The zero-order valence-electron chi connectivity index (χ0n) is 54.5. The van der Waals surface area contributed by atoms with Crippen molar-refractivity contribution in [3.05, 3.63) is 261 Å². The van der Waals surface area contributed by atoms with Gasteiger partial charge >= 0.3 is 11.9 Å². The molecule has 4 heterocycles. The van der Waals surface area contributed by atoms with Crippen LogP contribution >= 0.6 is 0 Å². The van der Waals surface area contributed by atoms with Crippen LogP contribution in [0.25, 0.3) is 10.4 Å². The summed E-state index contributed by atoms with van der Waals surface area (Å²) in [4.78, 5) is 61.9. The van der Waals surface area contributed by atoms with E-state index in [4.69, 9.17) is 61.6 Å². The van der Waals surface area contributed by atoms with Gasteiger partial charge in [0, 0.05) is 18.8 Å². The summed E-state index contributed by atoms with van der Waals surface area (Å²) in [5.74, 6) is -3.16. The second kappa shape index (κ2) is 34.3. The predicted molar refractivity (Wildman–Crippen MR) is 351 cm³/mol. The van der Waals surface area contributed by atoms with Crippen molar-refractivity contribution in [3.63, 3.8) is 0 Å². The Balaban J connectivity index is 1.02. The average Bonchev–Trinajstić information content (AvgIpc) is 1.45. The van der Waals surface area contributed by atoms with Gasteiger partial charge in [-0.3, -0.25) is 24.1 Å². The molecule has 1 unspecified atom stereocenters. The quantitative estimate of drug-likeness (QED) is 0.0134. The molecule has 7 aromatic rings. The molecule has 0 aliphatic carbocycles. The molecule has 0 spiro atoms. The first-order valence-electron chi connectivity index (χ1n) is 32.7. The number of benzene rings is 7. The maximum absolute atomic E-state index is 15.1. The molecule has 0 bridgehead atoms. The number of hydrogen-bond acceptors (Lipinski definition) is 20.